The van der Waals surface area contributed by atoms with Crippen molar-refractivity contribution < 1.29 is 17.7 Å². The molecule has 2 aliphatic heterocycles. The Morgan fingerprint density at radius 3 is 2.62 bits per heavy atom. The first-order chi connectivity index (χ1) is 12.4. The zero-order valence-corrected chi connectivity index (χ0v) is 16.0. The van der Waals surface area contributed by atoms with Gasteiger partial charge in [-0.1, -0.05) is 11.2 Å². The number of sulfonamides is 1. The minimum absolute atomic E-state index is 0.0525. The molecular formula is C16H20N4O4S2. The van der Waals surface area contributed by atoms with Gasteiger partial charge in [-0.05, 0) is 24.3 Å². The summed E-state index contributed by atoms with van der Waals surface area (Å²) < 4.78 is 32.0. The van der Waals surface area contributed by atoms with E-state index in [1.807, 2.05) is 4.90 Å². The molecule has 0 N–H and O–H groups in total. The summed E-state index contributed by atoms with van der Waals surface area (Å²) in [5.74, 6) is 1.41. The van der Waals surface area contributed by atoms with Gasteiger partial charge in [0.2, 0.25) is 11.8 Å². The Hall–Kier alpha value is -1.78. The third-order valence-corrected chi connectivity index (χ3v) is 8.25. The van der Waals surface area contributed by atoms with Gasteiger partial charge in [-0.2, -0.15) is 9.29 Å². The molecule has 0 bridgehead atoms. The van der Waals surface area contributed by atoms with E-state index in [1.165, 1.54) is 15.6 Å². The summed E-state index contributed by atoms with van der Waals surface area (Å²) in [6.07, 6.45) is 1.64. The molecule has 4 heterocycles. The largest absolute Gasteiger partial charge is 0.343 e. The highest BCUT2D eigenvalue weighted by molar-refractivity contribution is 7.91. The number of nitrogens with zero attached hydrogens (tertiary/aromatic N) is 4. The van der Waals surface area contributed by atoms with Crippen molar-refractivity contribution in [2.45, 2.75) is 35.8 Å². The van der Waals surface area contributed by atoms with E-state index in [0.29, 0.717) is 42.1 Å². The molecule has 26 heavy (non-hydrogen) atoms. The summed E-state index contributed by atoms with van der Waals surface area (Å²) in [5.41, 5.74) is 0. The van der Waals surface area contributed by atoms with Gasteiger partial charge in [0.05, 0.1) is 5.92 Å². The number of hydrogen-bond donors (Lipinski definition) is 0. The molecule has 1 amide bonds. The Kier molecular flexibility index (Phi) is 4.57. The van der Waals surface area contributed by atoms with Crippen LogP contribution in [-0.4, -0.2) is 59.8 Å². The zero-order valence-electron chi connectivity index (χ0n) is 14.4. The van der Waals surface area contributed by atoms with Gasteiger partial charge >= 0.3 is 0 Å². The Bertz CT molecular complexity index is 879. The van der Waals surface area contributed by atoms with Gasteiger partial charge in [-0.3, -0.25) is 4.79 Å². The molecule has 2 aliphatic rings. The fourth-order valence-corrected chi connectivity index (χ4v) is 6.03. The van der Waals surface area contributed by atoms with E-state index in [-0.39, 0.29) is 17.7 Å². The van der Waals surface area contributed by atoms with E-state index in [2.05, 4.69) is 10.1 Å². The fourth-order valence-electron chi connectivity index (χ4n) is 3.36. The van der Waals surface area contributed by atoms with Crippen molar-refractivity contribution in [3.63, 3.8) is 0 Å². The van der Waals surface area contributed by atoms with Gasteiger partial charge < -0.3 is 9.42 Å². The molecule has 0 aliphatic carbocycles. The van der Waals surface area contributed by atoms with Gasteiger partial charge in [0.25, 0.3) is 10.0 Å². The molecule has 0 atom stereocenters. The molecule has 140 valence electrons. The molecule has 10 heteroatoms. The van der Waals surface area contributed by atoms with Crippen molar-refractivity contribution in [2.24, 2.45) is 0 Å². The number of rotatable bonds is 4. The van der Waals surface area contributed by atoms with Crippen LogP contribution in [0.15, 0.2) is 26.2 Å². The molecular weight excluding hydrogens is 376 g/mol. The van der Waals surface area contributed by atoms with E-state index in [9.17, 15) is 13.2 Å². The van der Waals surface area contributed by atoms with Gasteiger partial charge in [0.1, 0.15) is 4.21 Å². The standard InChI is InChI=1S/C16H20N4O4S2/c1-11(21)19-6-4-12(5-7-19)15-17-16(24-18-15)13-9-20(10-13)26(22,23)14-3-2-8-25-14/h2-3,8,12-13H,4-7,9-10H2,1H3. The molecule has 0 unspecified atom stereocenters. The van der Waals surface area contributed by atoms with Crippen molar-refractivity contribution in [2.75, 3.05) is 26.2 Å². The van der Waals surface area contributed by atoms with Crippen LogP contribution < -0.4 is 0 Å². The molecule has 2 aromatic heterocycles. The first-order valence-corrected chi connectivity index (χ1v) is 10.9. The molecule has 2 aromatic rings. The molecule has 8 nitrogen and oxygen atoms in total. The first-order valence-electron chi connectivity index (χ1n) is 8.58. The summed E-state index contributed by atoms with van der Waals surface area (Å²) in [7, 11) is -3.40. The van der Waals surface area contributed by atoms with Crippen LogP contribution in [0.1, 0.15) is 43.3 Å². The van der Waals surface area contributed by atoms with Crippen molar-refractivity contribution in [3.8, 4) is 0 Å². The SMILES string of the molecule is CC(=O)N1CCC(c2noc(C3CN(S(=O)(=O)c4cccs4)C3)n2)CC1. The Morgan fingerprint density at radius 1 is 1.27 bits per heavy atom. The van der Waals surface area contributed by atoms with E-state index >= 15 is 0 Å². The summed E-state index contributed by atoms with van der Waals surface area (Å²) in [6, 6.07) is 3.35. The lowest BCUT2D eigenvalue weighted by Crippen LogP contribution is -2.48. The Morgan fingerprint density at radius 2 is 2.00 bits per heavy atom. The van der Waals surface area contributed by atoms with Crippen molar-refractivity contribution >= 4 is 27.3 Å². The van der Waals surface area contributed by atoms with Crippen molar-refractivity contribution in [3.05, 3.63) is 29.2 Å². The van der Waals surface area contributed by atoms with Crippen LogP contribution in [0, 0.1) is 0 Å². The van der Waals surface area contributed by atoms with Crippen molar-refractivity contribution in [1.29, 1.82) is 0 Å². The van der Waals surface area contributed by atoms with Crippen LogP contribution in [0.4, 0.5) is 0 Å². The summed E-state index contributed by atoms with van der Waals surface area (Å²) in [5, 5.41) is 5.85. The third-order valence-electron chi connectivity index (χ3n) is 5.05. The average molecular weight is 396 g/mol. The predicted octanol–water partition coefficient (Wildman–Crippen LogP) is 1.65. The highest BCUT2D eigenvalue weighted by atomic mass is 32.2. The van der Waals surface area contributed by atoms with E-state index in [1.54, 1.807) is 24.4 Å². The average Bonchev–Trinajstić information content (AvgIpc) is 3.25. The lowest BCUT2D eigenvalue weighted by molar-refractivity contribution is -0.129. The van der Waals surface area contributed by atoms with Gasteiger partial charge in [-0.25, -0.2) is 8.42 Å². The van der Waals surface area contributed by atoms with E-state index in [4.69, 9.17) is 4.52 Å². The second kappa shape index (κ2) is 6.75. The molecule has 2 saturated heterocycles. The van der Waals surface area contributed by atoms with Crippen LogP contribution in [0.5, 0.6) is 0 Å². The van der Waals surface area contributed by atoms with Gasteiger partial charge in [-0.15, -0.1) is 11.3 Å². The molecule has 4 rings (SSSR count). The number of amides is 1. The van der Waals surface area contributed by atoms with Crippen molar-refractivity contribution in [1.82, 2.24) is 19.3 Å². The van der Waals surface area contributed by atoms with E-state index in [0.717, 1.165) is 12.8 Å². The molecule has 0 saturated carbocycles. The highest BCUT2D eigenvalue weighted by Gasteiger charge is 2.41. The van der Waals surface area contributed by atoms with Gasteiger partial charge in [0, 0.05) is 39.0 Å². The number of carbonyl (C=O) groups is 1. The number of thiophene rings is 1. The number of piperidine rings is 1. The van der Waals surface area contributed by atoms with Crippen LogP contribution in [0.2, 0.25) is 0 Å². The molecule has 0 spiro atoms. The summed E-state index contributed by atoms with van der Waals surface area (Å²) >= 11 is 1.22. The highest BCUT2D eigenvalue weighted by Crippen LogP contribution is 2.34. The first kappa shape index (κ1) is 17.6. The monoisotopic (exact) mass is 396 g/mol. The number of likely N-dealkylation sites (tertiary alicyclic amines) is 1. The van der Waals surface area contributed by atoms with E-state index < -0.39 is 10.0 Å². The maximum Gasteiger partial charge on any atom is 0.252 e. The van der Waals surface area contributed by atoms with Gasteiger partial charge in [0.15, 0.2) is 5.82 Å². The van der Waals surface area contributed by atoms with Crippen LogP contribution in [0.25, 0.3) is 0 Å². The molecule has 2 fully saturated rings. The smallest absolute Gasteiger partial charge is 0.252 e. The third kappa shape index (κ3) is 3.17. The minimum Gasteiger partial charge on any atom is -0.343 e. The van der Waals surface area contributed by atoms with Crippen LogP contribution >= 0.6 is 11.3 Å². The predicted molar refractivity (Wildman–Crippen MR) is 94.3 cm³/mol. The topological polar surface area (TPSA) is 96.6 Å². The Balaban J connectivity index is 1.36. The lowest BCUT2D eigenvalue weighted by atomic mass is 9.96. The van der Waals surface area contributed by atoms with Crippen LogP contribution in [0.3, 0.4) is 0 Å². The zero-order chi connectivity index (χ0) is 18.3. The number of carbonyl (C=O) groups excluding carboxylic acids is 1. The number of aromatic nitrogens is 2. The van der Waals surface area contributed by atoms with Crippen LogP contribution in [-0.2, 0) is 14.8 Å². The molecule has 0 aromatic carbocycles. The summed E-state index contributed by atoms with van der Waals surface area (Å²) in [4.78, 5) is 17.7. The minimum atomic E-state index is -3.40. The quantitative estimate of drug-likeness (QED) is 0.779. The fraction of sp³-hybridized carbons (Fsp3) is 0.562. The maximum atomic E-state index is 12.4. The number of hydrogen-bond acceptors (Lipinski definition) is 7. The second-order valence-electron chi connectivity index (χ2n) is 6.72. The molecule has 0 radical (unpaired) electrons. The lowest BCUT2D eigenvalue weighted by Gasteiger charge is -2.35. The summed E-state index contributed by atoms with van der Waals surface area (Å²) in [6.45, 7) is 3.73. The maximum absolute atomic E-state index is 12.4. The normalized spacial score (nSPS) is 20.3. The second-order valence-corrected chi connectivity index (χ2v) is 9.83. The Labute approximate surface area is 155 Å².